The van der Waals surface area contributed by atoms with Crippen molar-refractivity contribution in [3.05, 3.63) is 53.3 Å². The number of hydrogen-bond donors (Lipinski definition) is 3. The summed E-state index contributed by atoms with van der Waals surface area (Å²) in [7, 11) is 4.03. The van der Waals surface area contributed by atoms with E-state index in [1.807, 2.05) is 41.8 Å². The molecule has 4 aliphatic heterocycles. The van der Waals surface area contributed by atoms with Crippen LogP contribution in [0.2, 0.25) is 0 Å². The molecule has 6 rings (SSSR count). The summed E-state index contributed by atoms with van der Waals surface area (Å²) in [5, 5.41) is 26.6. The third kappa shape index (κ3) is 11.3. The molecule has 1 aromatic heterocycles. The number of hydrogen-bond acceptors (Lipinski definition) is 15. The first-order valence-corrected chi connectivity index (χ1v) is 23.5. The van der Waals surface area contributed by atoms with Crippen molar-refractivity contribution in [2.45, 2.75) is 179 Å². The molecule has 4 fully saturated rings. The zero-order valence-electron chi connectivity index (χ0n) is 40.3. The van der Waals surface area contributed by atoms with E-state index < -0.39 is 94.8 Å². The number of ether oxygens (including phenoxy) is 6. The number of carbonyl (C=O) groups is 2. The summed E-state index contributed by atoms with van der Waals surface area (Å²) in [4.78, 5) is 39.3. The number of nitrogens with one attached hydrogen (secondary N) is 1. The summed E-state index contributed by atoms with van der Waals surface area (Å²) < 4.78 is 83.4. The predicted octanol–water partition coefficient (Wildman–Crippen LogP) is 5.93. The average Bonchev–Trinajstić information content (AvgIpc) is 3.34. The highest BCUT2D eigenvalue weighted by atomic mass is 19.4. The van der Waals surface area contributed by atoms with Crippen LogP contribution in [-0.2, 0) is 46.0 Å². The Morgan fingerprint density at radius 2 is 1.73 bits per heavy atom. The van der Waals surface area contributed by atoms with Gasteiger partial charge in [0, 0.05) is 50.1 Å². The lowest BCUT2D eigenvalue weighted by Crippen LogP contribution is -2.60. The number of aromatic nitrogens is 2. The van der Waals surface area contributed by atoms with Crippen LogP contribution in [0.5, 0.6) is 0 Å². The Hall–Kier alpha value is -3.49. The molecule has 4 aliphatic rings. The van der Waals surface area contributed by atoms with Crippen molar-refractivity contribution < 1.29 is 61.4 Å². The summed E-state index contributed by atoms with van der Waals surface area (Å²) in [5.41, 5.74) is -4.50. The van der Waals surface area contributed by atoms with Crippen molar-refractivity contribution in [3.63, 3.8) is 0 Å². The molecule has 2 aromatic rings. The Labute approximate surface area is 387 Å². The van der Waals surface area contributed by atoms with E-state index in [0.29, 0.717) is 18.5 Å². The topological polar surface area (TPSA) is 174 Å². The molecule has 4 saturated heterocycles. The number of piperidine rings is 1. The van der Waals surface area contributed by atoms with E-state index in [1.54, 1.807) is 56.0 Å². The number of carbonyl (C=O) groups excluding carboxylic acids is 2. The van der Waals surface area contributed by atoms with Crippen LogP contribution in [0.4, 0.5) is 19.1 Å². The van der Waals surface area contributed by atoms with Gasteiger partial charge >= 0.3 is 18.1 Å². The van der Waals surface area contributed by atoms with E-state index in [1.165, 1.54) is 6.92 Å². The van der Waals surface area contributed by atoms with Crippen molar-refractivity contribution >= 4 is 17.9 Å². The highest BCUT2D eigenvalue weighted by molar-refractivity contribution is 5.90. The number of likely N-dealkylation sites (N-methyl/N-ethyl adjacent to an activating group) is 1. The van der Waals surface area contributed by atoms with E-state index in [2.05, 4.69) is 27.1 Å². The molecule has 15 nitrogen and oxygen atoms in total. The van der Waals surface area contributed by atoms with Gasteiger partial charge in [-0.2, -0.15) is 13.2 Å². The molecule has 18 heteroatoms. The fourth-order valence-electron chi connectivity index (χ4n) is 10.7. The number of cyclic esters (lactones) is 1. The molecule has 14 atom stereocenters. The molecule has 5 heterocycles. The van der Waals surface area contributed by atoms with Gasteiger partial charge in [-0.25, -0.2) is 14.8 Å². The van der Waals surface area contributed by atoms with E-state index >= 15 is 0 Å². The third-order valence-electron chi connectivity index (χ3n) is 14.2. The molecular weight excluding hydrogens is 864 g/mol. The van der Waals surface area contributed by atoms with E-state index in [-0.39, 0.29) is 69.1 Å². The minimum absolute atomic E-state index is 0.0109. The maximum atomic E-state index is 14.6. The first-order valence-electron chi connectivity index (χ1n) is 23.5. The zero-order chi connectivity index (χ0) is 48.5. The van der Waals surface area contributed by atoms with Gasteiger partial charge in [0.1, 0.15) is 30.0 Å². The van der Waals surface area contributed by atoms with Gasteiger partial charge in [-0.15, -0.1) is 0 Å². The smallest absolute Gasteiger partial charge is 0.434 e. The van der Waals surface area contributed by atoms with Crippen LogP contribution in [-0.4, -0.2) is 143 Å². The Morgan fingerprint density at radius 1 is 1.06 bits per heavy atom. The third-order valence-corrected chi connectivity index (χ3v) is 14.2. The molecule has 0 aliphatic carbocycles. The molecule has 1 aromatic carbocycles. The number of anilines is 1. The molecule has 0 unspecified atom stereocenters. The number of aliphatic hydroxyl groups excluding tert-OH is 1. The standard InChI is InChI=1S/C48H72F3N5O10/c1-12-36-46(9,60)40(57)31(6)52-24-27(2)23-45(8)41(64-38-32(7)62-28(3)22-35(38)55(10)11)29(4)37(30(5)42(58)63-36)65-47(66-45)18-20-56(21-19-47)44-53-25-34(39(54-44)48(49,50)51)43(59)61-26-33-16-14-13-15-17-33/h13-17,25,27-32,35-38,40-41,52,57,60H,12,18-24,26H2,1-11H3/t27-,28-,29+,30-,31-,32+,35+,36-,37+,38+,40-,41-,45-,46-/m1/s1. The predicted molar refractivity (Wildman–Crippen MR) is 238 cm³/mol. The second-order valence-corrected chi connectivity index (χ2v) is 20.0. The van der Waals surface area contributed by atoms with Crippen molar-refractivity contribution in [2.24, 2.45) is 17.8 Å². The second kappa shape index (κ2) is 20.6. The van der Waals surface area contributed by atoms with Crippen LogP contribution in [0.15, 0.2) is 36.5 Å². The Bertz CT molecular complexity index is 1950. The van der Waals surface area contributed by atoms with Crippen LogP contribution in [0.3, 0.4) is 0 Å². The normalized spacial score (nSPS) is 37.2. The van der Waals surface area contributed by atoms with Gasteiger partial charge in [-0.3, -0.25) is 4.79 Å². The van der Waals surface area contributed by atoms with Gasteiger partial charge in [-0.05, 0) is 92.9 Å². The molecule has 2 bridgehead atoms. The Morgan fingerprint density at radius 3 is 2.35 bits per heavy atom. The van der Waals surface area contributed by atoms with Gasteiger partial charge in [0.2, 0.25) is 5.95 Å². The number of fused-ring (bicyclic) bond motifs is 3. The summed E-state index contributed by atoms with van der Waals surface area (Å²) in [6, 6.07) is 8.00. The quantitative estimate of drug-likeness (QED) is 0.266. The molecule has 0 amide bonds. The molecule has 1 spiro atoms. The monoisotopic (exact) mass is 936 g/mol. The fraction of sp³-hybridized carbons (Fsp3) is 0.750. The molecular formula is C48H72F3N5O10. The lowest BCUT2D eigenvalue weighted by molar-refractivity contribution is -0.313. The maximum Gasteiger partial charge on any atom is 0.434 e. The van der Waals surface area contributed by atoms with Crippen molar-refractivity contribution in [1.82, 2.24) is 20.2 Å². The van der Waals surface area contributed by atoms with Crippen LogP contribution in [0.1, 0.15) is 116 Å². The van der Waals surface area contributed by atoms with E-state index in [9.17, 15) is 33.0 Å². The van der Waals surface area contributed by atoms with Gasteiger partial charge in [0.25, 0.3) is 0 Å². The average molecular weight is 936 g/mol. The number of halogens is 3. The Kier molecular flexibility index (Phi) is 16.2. The largest absolute Gasteiger partial charge is 0.459 e. The van der Waals surface area contributed by atoms with Gasteiger partial charge < -0.3 is 53.8 Å². The maximum absolute atomic E-state index is 14.6. The first-order chi connectivity index (χ1) is 30.9. The lowest BCUT2D eigenvalue weighted by Gasteiger charge is -2.50. The number of aliphatic hydroxyl groups is 2. The van der Waals surface area contributed by atoms with Gasteiger partial charge in [0.05, 0.1) is 42.0 Å². The SMILES string of the molecule is CC[C@H]1OC(=O)[C@H](C)[C@H]2OC3(CCN(c4ncc(C(=O)OCc5ccccc5)c(C(F)(F)F)n4)CC3)O[C@](C)(C[C@@H](C)CN[C@H](C)[C@@H](O)[C@]1(C)O)[C@H](O[C@H]1[C@H](C)O[C@H](C)C[C@@H]1N(C)C)[C@H]2C. The number of benzene rings is 1. The highest BCUT2D eigenvalue weighted by Crippen LogP contribution is 2.48. The van der Waals surface area contributed by atoms with Crippen molar-refractivity contribution in [3.8, 4) is 0 Å². The van der Waals surface area contributed by atoms with Gasteiger partial charge in [-0.1, -0.05) is 51.1 Å². The van der Waals surface area contributed by atoms with Crippen molar-refractivity contribution in [2.75, 3.05) is 38.6 Å². The zero-order valence-corrected chi connectivity index (χ0v) is 40.3. The molecule has 0 saturated carbocycles. The van der Waals surface area contributed by atoms with Crippen LogP contribution in [0.25, 0.3) is 0 Å². The van der Waals surface area contributed by atoms with Crippen LogP contribution in [0, 0.1) is 17.8 Å². The first kappa shape index (κ1) is 51.9. The summed E-state index contributed by atoms with van der Waals surface area (Å²) in [5.74, 6) is -4.99. The number of alkyl halides is 3. The van der Waals surface area contributed by atoms with Crippen molar-refractivity contribution in [1.29, 1.82) is 0 Å². The molecule has 370 valence electrons. The Balaban J connectivity index is 1.37. The molecule has 66 heavy (non-hydrogen) atoms. The fourth-order valence-corrected chi connectivity index (χ4v) is 10.7. The molecule has 0 radical (unpaired) electrons. The second-order valence-electron chi connectivity index (χ2n) is 20.0. The molecule has 3 N–H and O–H groups in total. The van der Waals surface area contributed by atoms with E-state index in [0.717, 1.165) is 12.6 Å². The summed E-state index contributed by atoms with van der Waals surface area (Å²) in [6.45, 7) is 17.2. The van der Waals surface area contributed by atoms with Crippen LogP contribution >= 0.6 is 0 Å². The number of rotatable bonds is 8. The minimum Gasteiger partial charge on any atom is -0.459 e. The minimum atomic E-state index is -5.00. The summed E-state index contributed by atoms with van der Waals surface area (Å²) in [6.07, 6.45) is -7.15. The number of nitrogens with zero attached hydrogens (tertiary/aromatic N) is 4. The summed E-state index contributed by atoms with van der Waals surface area (Å²) >= 11 is 0. The lowest BCUT2D eigenvalue weighted by atomic mass is 9.77. The van der Waals surface area contributed by atoms with E-state index in [4.69, 9.17) is 28.4 Å². The van der Waals surface area contributed by atoms with Crippen LogP contribution < -0.4 is 10.2 Å². The number of esters is 2. The highest BCUT2D eigenvalue weighted by Gasteiger charge is 2.58. The van der Waals surface area contributed by atoms with Gasteiger partial charge in [0.15, 0.2) is 11.5 Å².